The number of ether oxygens (including phenoxy) is 1. The molecule has 17 heavy (non-hydrogen) atoms. The molecule has 88 valence electrons. The van der Waals surface area contributed by atoms with E-state index in [1.165, 1.54) is 0 Å². The summed E-state index contributed by atoms with van der Waals surface area (Å²) in [5.41, 5.74) is 4.26. The molecule has 0 atom stereocenters. The van der Waals surface area contributed by atoms with Crippen molar-refractivity contribution in [3.63, 3.8) is 0 Å². The van der Waals surface area contributed by atoms with Gasteiger partial charge in [0.05, 0.1) is 6.54 Å². The first-order valence-electron chi connectivity index (χ1n) is 5.56. The Balaban J connectivity index is 2.22. The van der Waals surface area contributed by atoms with E-state index in [0.717, 1.165) is 16.9 Å². The predicted molar refractivity (Wildman–Crippen MR) is 67.2 cm³/mol. The number of benzene rings is 2. The molecule has 2 aromatic carbocycles. The van der Waals surface area contributed by atoms with Gasteiger partial charge in [0.1, 0.15) is 12.4 Å². The van der Waals surface area contributed by atoms with Gasteiger partial charge in [-0.3, -0.25) is 0 Å². The molecule has 0 saturated heterocycles. The van der Waals surface area contributed by atoms with Crippen LogP contribution in [0.25, 0.3) is 11.1 Å². The van der Waals surface area contributed by atoms with Crippen molar-refractivity contribution in [3.8, 4) is 16.9 Å². The van der Waals surface area contributed by atoms with E-state index in [1.807, 2.05) is 54.6 Å². The molecule has 0 fully saturated rings. The third-order valence-corrected chi connectivity index (χ3v) is 2.44. The topological polar surface area (TPSA) is 41.5 Å². The van der Waals surface area contributed by atoms with E-state index in [9.17, 15) is 0 Å². The van der Waals surface area contributed by atoms with E-state index in [2.05, 4.69) is 5.48 Å². The highest BCUT2D eigenvalue weighted by Crippen LogP contribution is 2.29. The Morgan fingerprint density at radius 2 is 1.65 bits per heavy atom. The lowest BCUT2D eigenvalue weighted by atomic mass is 10.1. The molecule has 3 heteroatoms. The zero-order valence-electron chi connectivity index (χ0n) is 9.47. The molecule has 2 rings (SSSR count). The van der Waals surface area contributed by atoms with Crippen LogP contribution in [-0.2, 0) is 0 Å². The summed E-state index contributed by atoms with van der Waals surface area (Å²) in [6.07, 6.45) is 0. The molecule has 0 aliphatic carbocycles. The number of para-hydroxylation sites is 1. The van der Waals surface area contributed by atoms with Crippen LogP contribution in [0.5, 0.6) is 5.75 Å². The minimum Gasteiger partial charge on any atom is -0.492 e. The number of hydrogen-bond acceptors (Lipinski definition) is 3. The van der Waals surface area contributed by atoms with Crippen molar-refractivity contribution >= 4 is 0 Å². The maximum absolute atomic E-state index is 8.50. The van der Waals surface area contributed by atoms with Crippen LogP contribution in [0.4, 0.5) is 0 Å². The Morgan fingerprint density at radius 3 is 2.41 bits per heavy atom. The quantitative estimate of drug-likeness (QED) is 0.612. The molecular weight excluding hydrogens is 214 g/mol. The number of hydroxylamine groups is 1. The monoisotopic (exact) mass is 229 g/mol. The first kappa shape index (κ1) is 11.6. The van der Waals surface area contributed by atoms with Crippen molar-refractivity contribution in [2.24, 2.45) is 0 Å². The van der Waals surface area contributed by atoms with Crippen molar-refractivity contribution in [2.75, 3.05) is 13.2 Å². The molecule has 2 N–H and O–H groups in total. The molecule has 0 spiro atoms. The lowest BCUT2D eigenvalue weighted by molar-refractivity contribution is 0.146. The van der Waals surface area contributed by atoms with Gasteiger partial charge in [-0.25, -0.2) is 5.48 Å². The molecule has 0 aliphatic heterocycles. The van der Waals surface area contributed by atoms with E-state index in [1.54, 1.807) is 0 Å². The predicted octanol–water partition coefficient (Wildman–Crippen LogP) is 2.71. The fraction of sp³-hybridized carbons (Fsp3) is 0.143. The van der Waals surface area contributed by atoms with Crippen LogP contribution in [0.15, 0.2) is 54.6 Å². The van der Waals surface area contributed by atoms with Gasteiger partial charge in [0.15, 0.2) is 0 Å². The zero-order valence-corrected chi connectivity index (χ0v) is 9.47. The molecule has 0 heterocycles. The molecular formula is C14H15NO2. The van der Waals surface area contributed by atoms with E-state index < -0.39 is 0 Å². The van der Waals surface area contributed by atoms with Crippen molar-refractivity contribution < 1.29 is 9.94 Å². The Kier molecular flexibility index (Phi) is 4.13. The van der Waals surface area contributed by atoms with Crippen molar-refractivity contribution in [1.82, 2.24) is 5.48 Å². The third-order valence-electron chi connectivity index (χ3n) is 2.44. The maximum Gasteiger partial charge on any atom is 0.127 e. The van der Waals surface area contributed by atoms with Gasteiger partial charge in [-0.2, -0.15) is 0 Å². The maximum atomic E-state index is 8.50. The molecule has 0 aromatic heterocycles. The molecule has 0 amide bonds. The highest BCUT2D eigenvalue weighted by Gasteiger charge is 2.04. The average molecular weight is 229 g/mol. The van der Waals surface area contributed by atoms with Crippen LogP contribution in [0.1, 0.15) is 0 Å². The first-order valence-corrected chi connectivity index (χ1v) is 5.56. The second-order valence-electron chi connectivity index (χ2n) is 3.62. The number of hydrogen-bond donors (Lipinski definition) is 2. The highest BCUT2D eigenvalue weighted by molar-refractivity contribution is 5.70. The zero-order chi connectivity index (χ0) is 11.9. The van der Waals surface area contributed by atoms with Gasteiger partial charge in [-0.1, -0.05) is 48.5 Å². The fourth-order valence-corrected chi connectivity index (χ4v) is 1.66. The summed E-state index contributed by atoms with van der Waals surface area (Å²) in [5.74, 6) is 0.828. The minimum atomic E-state index is 0.406. The van der Waals surface area contributed by atoms with Gasteiger partial charge in [0.2, 0.25) is 0 Å². The Hall–Kier alpha value is -1.84. The van der Waals surface area contributed by atoms with Crippen LogP contribution >= 0.6 is 0 Å². The van der Waals surface area contributed by atoms with Crippen LogP contribution in [0.2, 0.25) is 0 Å². The summed E-state index contributed by atoms with van der Waals surface area (Å²) in [6, 6.07) is 18.0. The van der Waals surface area contributed by atoms with Crippen molar-refractivity contribution in [2.45, 2.75) is 0 Å². The molecule has 0 saturated carbocycles. The molecule has 2 aromatic rings. The smallest absolute Gasteiger partial charge is 0.127 e. The Bertz CT molecular complexity index is 457. The Labute approximate surface area is 101 Å². The summed E-state index contributed by atoms with van der Waals surface area (Å²) >= 11 is 0. The molecule has 0 radical (unpaired) electrons. The van der Waals surface area contributed by atoms with Gasteiger partial charge in [0.25, 0.3) is 0 Å². The normalized spacial score (nSPS) is 10.2. The van der Waals surface area contributed by atoms with Crippen LogP contribution in [0.3, 0.4) is 0 Å². The van der Waals surface area contributed by atoms with Gasteiger partial charge in [0, 0.05) is 5.56 Å². The molecule has 3 nitrogen and oxygen atoms in total. The summed E-state index contributed by atoms with van der Waals surface area (Å²) in [7, 11) is 0. The second kappa shape index (κ2) is 6.03. The molecule has 0 bridgehead atoms. The van der Waals surface area contributed by atoms with Crippen LogP contribution in [0, 0.1) is 0 Å². The lowest BCUT2D eigenvalue weighted by Crippen LogP contribution is -2.16. The van der Waals surface area contributed by atoms with Gasteiger partial charge < -0.3 is 9.94 Å². The van der Waals surface area contributed by atoms with Gasteiger partial charge in [-0.15, -0.1) is 0 Å². The Morgan fingerprint density at radius 1 is 0.941 bits per heavy atom. The van der Waals surface area contributed by atoms with E-state index in [4.69, 9.17) is 9.94 Å². The van der Waals surface area contributed by atoms with Crippen molar-refractivity contribution in [3.05, 3.63) is 54.6 Å². The fourth-order valence-electron chi connectivity index (χ4n) is 1.66. The largest absolute Gasteiger partial charge is 0.492 e. The standard InChI is InChI=1S/C14H15NO2/c16-15-10-11-17-14-9-5-4-8-13(14)12-6-2-1-3-7-12/h1-9,15-16H,10-11H2. The van der Waals surface area contributed by atoms with Gasteiger partial charge in [-0.05, 0) is 11.6 Å². The second-order valence-corrected chi connectivity index (χ2v) is 3.62. The van der Waals surface area contributed by atoms with E-state index in [-0.39, 0.29) is 0 Å². The summed E-state index contributed by atoms with van der Waals surface area (Å²) in [6.45, 7) is 0.837. The average Bonchev–Trinajstić information content (AvgIpc) is 2.41. The summed E-state index contributed by atoms with van der Waals surface area (Å²) < 4.78 is 5.61. The lowest BCUT2D eigenvalue weighted by Gasteiger charge is -2.11. The van der Waals surface area contributed by atoms with E-state index in [0.29, 0.717) is 13.2 Å². The number of rotatable bonds is 5. The summed E-state index contributed by atoms with van der Waals surface area (Å²) in [5, 5.41) is 8.50. The molecule has 0 aliphatic rings. The first-order chi connectivity index (χ1) is 8.42. The van der Waals surface area contributed by atoms with E-state index >= 15 is 0 Å². The van der Waals surface area contributed by atoms with Gasteiger partial charge >= 0.3 is 0 Å². The van der Waals surface area contributed by atoms with Crippen LogP contribution < -0.4 is 10.2 Å². The SMILES string of the molecule is ONCCOc1ccccc1-c1ccccc1. The minimum absolute atomic E-state index is 0.406. The summed E-state index contributed by atoms with van der Waals surface area (Å²) in [4.78, 5) is 0. The van der Waals surface area contributed by atoms with Crippen molar-refractivity contribution in [1.29, 1.82) is 0 Å². The molecule has 0 unspecified atom stereocenters. The third kappa shape index (κ3) is 3.06. The highest BCUT2D eigenvalue weighted by atomic mass is 16.5. The number of nitrogens with one attached hydrogen (secondary N) is 1. The van der Waals surface area contributed by atoms with Crippen LogP contribution in [-0.4, -0.2) is 18.4 Å².